The van der Waals surface area contributed by atoms with Crippen molar-refractivity contribution in [1.29, 1.82) is 0 Å². The van der Waals surface area contributed by atoms with Crippen LogP contribution in [-0.4, -0.2) is 28.8 Å². The van der Waals surface area contributed by atoms with Crippen molar-refractivity contribution in [1.82, 2.24) is 0 Å². The Morgan fingerprint density at radius 3 is 1.20 bits per heavy atom. The van der Waals surface area contributed by atoms with E-state index in [1.165, 1.54) is 20.7 Å². The Hall–Kier alpha value is -3.08. The lowest BCUT2D eigenvalue weighted by Gasteiger charge is -2.44. The zero-order valence-corrected chi connectivity index (χ0v) is 35.1. The molecule has 0 amide bonds. The maximum absolute atomic E-state index is 7.49. The van der Waals surface area contributed by atoms with E-state index in [4.69, 9.17) is 8.85 Å². The molecular formula is C45H55IO2Si2. The van der Waals surface area contributed by atoms with Gasteiger partial charge >= 0.3 is 0 Å². The molecule has 0 radical (unpaired) electrons. The average molecular weight is 811 g/mol. The second-order valence-corrected chi connectivity index (χ2v) is 24.0. The van der Waals surface area contributed by atoms with Crippen LogP contribution in [0.15, 0.2) is 168 Å². The molecule has 0 saturated heterocycles. The number of hydrogen-bond acceptors (Lipinski definition) is 2. The van der Waals surface area contributed by atoms with Crippen LogP contribution in [0.25, 0.3) is 0 Å². The molecule has 0 aliphatic heterocycles. The van der Waals surface area contributed by atoms with Crippen molar-refractivity contribution in [2.45, 2.75) is 83.6 Å². The van der Waals surface area contributed by atoms with Gasteiger partial charge < -0.3 is 8.85 Å². The lowest BCUT2D eigenvalue weighted by atomic mass is 10.2. The largest absolute Gasteiger partial charge is 0.401 e. The van der Waals surface area contributed by atoms with Gasteiger partial charge in [0.2, 0.25) is 0 Å². The summed E-state index contributed by atoms with van der Waals surface area (Å²) < 4.78 is 16.9. The number of benzene rings is 4. The minimum Gasteiger partial charge on any atom is -0.401 e. The van der Waals surface area contributed by atoms with Gasteiger partial charge in [-0.15, -0.1) is 0 Å². The zero-order valence-electron chi connectivity index (χ0n) is 30.9. The van der Waals surface area contributed by atoms with Crippen LogP contribution in [0, 0.1) is 0 Å². The van der Waals surface area contributed by atoms with Gasteiger partial charge in [-0.25, -0.2) is 0 Å². The lowest BCUT2D eigenvalue weighted by Crippen LogP contribution is -2.67. The highest BCUT2D eigenvalue weighted by atomic mass is 127. The van der Waals surface area contributed by atoms with Crippen LogP contribution in [0.4, 0.5) is 0 Å². The predicted octanol–water partition coefficient (Wildman–Crippen LogP) is 10.3. The quantitative estimate of drug-likeness (QED) is 0.0677. The van der Waals surface area contributed by atoms with Crippen LogP contribution in [0.5, 0.6) is 0 Å². The van der Waals surface area contributed by atoms with Gasteiger partial charge in [-0.3, -0.25) is 0 Å². The molecule has 4 aromatic carbocycles. The maximum atomic E-state index is 7.49. The molecule has 50 heavy (non-hydrogen) atoms. The molecule has 0 unspecified atom stereocenters. The van der Waals surface area contributed by atoms with E-state index >= 15 is 0 Å². The topological polar surface area (TPSA) is 18.5 Å². The number of rotatable bonds is 15. The van der Waals surface area contributed by atoms with Crippen molar-refractivity contribution in [3.8, 4) is 0 Å². The van der Waals surface area contributed by atoms with E-state index in [-0.39, 0.29) is 22.3 Å². The summed E-state index contributed by atoms with van der Waals surface area (Å²) in [5.74, 6) is 0. The third-order valence-corrected chi connectivity index (χ3v) is 19.9. The fourth-order valence-corrected chi connectivity index (χ4v) is 16.6. The molecular weight excluding hydrogens is 756 g/mol. The highest BCUT2D eigenvalue weighted by molar-refractivity contribution is 14.1. The van der Waals surface area contributed by atoms with Gasteiger partial charge in [0, 0.05) is 0 Å². The first-order chi connectivity index (χ1) is 24.0. The molecule has 0 aromatic heterocycles. The van der Waals surface area contributed by atoms with E-state index in [2.05, 4.69) is 235 Å². The SMILES string of the molecule is CC[C@H](/C=C/C=C\C[C@H](/C=C/C=C/I)O[Si](c1ccccc1)(c1ccccc1)C(C)(C)C)O[Si](c1ccccc1)(c1ccccc1)C(C)(C)C. The highest BCUT2D eigenvalue weighted by Gasteiger charge is 2.52. The summed E-state index contributed by atoms with van der Waals surface area (Å²) in [4.78, 5) is 0. The van der Waals surface area contributed by atoms with Crippen LogP contribution in [-0.2, 0) is 8.85 Å². The van der Waals surface area contributed by atoms with Crippen molar-refractivity contribution in [2.24, 2.45) is 0 Å². The van der Waals surface area contributed by atoms with Crippen LogP contribution in [0.3, 0.4) is 0 Å². The molecule has 4 aromatic rings. The molecule has 0 fully saturated rings. The zero-order chi connectivity index (χ0) is 36.1. The molecule has 0 bridgehead atoms. The smallest absolute Gasteiger partial charge is 0.261 e. The minimum absolute atomic E-state index is 0.0243. The summed E-state index contributed by atoms with van der Waals surface area (Å²) in [5.41, 5.74) is 0. The Morgan fingerprint density at radius 1 is 0.520 bits per heavy atom. The first-order valence-corrected chi connectivity index (χ1v) is 22.9. The van der Waals surface area contributed by atoms with Crippen molar-refractivity contribution in [2.75, 3.05) is 0 Å². The van der Waals surface area contributed by atoms with E-state index in [0.717, 1.165) is 12.8 Å². The van der Waals surface area contributed by atoms with Crippen LogP contribution < -0.4 is 20.7 Å². The summed E-state index contributed by atoms with van der Waals surface area (Å²) in [6.07, 6.45) is 16.7. The molecule has 2 atom stereocenters. The number of hydrogen-bond donors (Lipinski definition) is 0. The van der Waals surface area contributed by atoms with Crippen LogP contribution in [0.1, 0.15) is 61.3 Å². The minimum atomic E-state index is -2.72. The highest BCUT2D eigenvalue weighted by Crippen LogP contribution is 2.39. The van der Waals surface area contributed by atoms with E-state index in [0.29, 0.717) is 0 Å². The molecule has 0 spiro atoms. The van der Waals surface area contributed by atoms with Crippen LogP contribution in [0.2, 0.25) is 10.1 Å². The standard InChI is InChI=1S/C45H55IO2Si2/c1-8-38(47-49(44(2,3)4,40-29-16-10-17-30-40)41-31-18-11-19-32-41)26-14-9-15-27-39(28-24-25-37-46)48-50(45(5,6)7,42-33-20-12-21-34-42)43-35-22-13-23-36-43/h9-26,28-39H,8,27H2,1-7H3/b15-9-,26-14+,28-24+,37-25+/t38-,39-/m1/s1. The molecule has 262 valence electrons. The summed E-state index contributed by atoms with van der Waals surface area (Å²) in [7, 11) is -5.37. The summed E-state index contributed by atoms with van der Waals surface area (Å²) in [6.45, 7) is 16.2. The average Bonchev–Trinajstić information content (AvgIpc) is 3.12. The molecule has 0 N–H and O–H groups in total. The van der Waals surface area contributed by atoms with Crippen LogP contribution >= 0.6 is 22.6 Å². The molecule has 0 aliphatic rings. The lowest BCUT2D eigenvalue weighted by molar-refractivity contribution is 0.229. The summed E-state index contributed by atoms with van der Waals surface area (Å²) in [6, 6.07) is 43.6. The molecule has 5 heteroatoms. The Bertz CT molecular complexity index is 1610. The van der Waals surface area contributed by atoms with Gasteiger partial charge in [-0.2, -0.15) is 0 Å². The maximum Gasteiger partial charge on any atom is 0.261 e. The third kappa shape index (κ3) is 9.42. The molecule has 0 aliphatic carbocycles. The Labute approximate surface area is 318 Å². The van der Waals surface area contributed by atoms with E-state index in [1.807, 2.05) is 4.08 Å². The fourth-order valence-electron chi connectivity index (χ4n) is 6.97. The van der Waals surface area contributed by atoms with Crippen molar-refractivity contribution >= 4 is 60.0 Å². The molecule has 0 heterocycles. The van der Waals surface area contributed by atoms with E-state index in [9.17, 15) is 0 Å². The molecule has 2 nitrogen and oxygen atoms in total. The Balaban J connectivity index is 1.64. The van der Waals surface area contributed by atoms with Gasteiger partial charge in [0.15, 0.2) is 0 Å². The third-order valence-electron chi connectivity index (χ3n) is 9.34. The predicted molar refractivity (Wildman–Crippen MR) is 230 cm³/mol. The fraction of sp³-hybridized carbons (Fsp3) is 0.289. The summed E-state index contributed by atoms with van der Waals surface area (Å²) in [5, 5.41) is 5.01. The van der Waals surface area contributed by atoms with Gasteiger partial charge in [0.05, 0.1) is 12.2 Å². The second kappa shape index (κ2) is 18.4. The summed E-state index contributed by atoms with van der Waals surface area (Å²) >= 11 is 2.27. The van der Waals surface area contributed by atoms with Crippen molar-refractivity contribution < 1.29 is 8.85 Å². The van der Waals surface area contributed by atoms with E-state index in [1.54, 1.807) is 0 Å². The normalized spacial score (nSPS) is 14.6. The molecule has 4 rings (SSSR count). The van der Waals surface area contributed by atoms with Gasteiger partial charge in [-0.1, -0.05) is 235 Å². The number of allylic oxidation sites excluding steroid dienone is 4. The molecule has 0 saturated carbocycles. The van der Waals surface area contributed by atoms with Gasteiger partial charge in [0.1, 0.15) is 0 Å². The number of halogens is 1. The van der Waals surface area contributed by atoms with Crippen molar-refractivity contribution in [3.05, 3.63) is 168 Å². The van der Waals surface area contributed by atoms with Crippen molar-refractivity contribution in [3.63, 3.8) is 0 Å². The first kappa shape index (κ1) is 39.7. The Morgan fingerprint density at radius 2 is 0.860 bits per heavy atom. The Kier molecular flexibility index (Phi) is 14.6. The first-order valence-electron chi connectivity index (χ1n) is 17.8. The monoisotopic (exact) mass is 810 g/mol. The van der Waals surface area contributed by atoms with E-state index < -0.39 is 16.6 Å². The van der Waals surface area contributed by atoms with Gasteiger partial charge in [-0.05, 0) is 47.7 Å². The second-order valence-electron chi connectivity index (χ2n) is 14.8. The van der Waals surface area contributed by atoms with Gasteiger partial charge in [0.25, 0.3) is 16.6 Å².